The smallest absolute Gasteiger partial charge is 0.168 e. The second-order valence-corrected chi connectivity index (χ2v) is 7.24. The molecule has 2 aromatic carbocycles. The molecule has 0 bridgehead atoms. The first-order valence-corrected chi connectivity index (χ1v) is 9.97. The minimum absolute atomic E-state index is 0. The van der Waals surface area contributed by atoms with Gasteiger partial charge < -0.3 is 19.7 Å². The maximum atomic E-state index is 5.87. The Hall–Kier alpha value is -1.92. The van der Waals surface area contributed by atoms with Crippen LogP contribution >= 0.6 is 24.8 Å². The van der Waals surface area contributed by atoms with Crippen molar-refractivity contribution in [2.75, 3.05) is 46.9 Å². The Balaban J connectivity index is 0.00000160. The maximum absolute atomic E-state index is 5.87. The average molecular weight is 452 g/mol. The molecule has 164 valence electrons. The molecule has 2 heterocycles. The van der Waals surface area contributed by atoms with E-state index in [1.165, 1.54) is 11.1 Å². The molecule has 2 aliphatic rings. The standard InChI is InChI=1S/C23H29N3O2.2ClH/c1-4-25-14-16-26(17-15-25)23(19-9-6-5-8-18(19)12-13-24-23)20-10-7-11-21(27-2)22(20)28-3;;/h5-13,24H,4,14-17H2,1-3H3;2*1H. The third-order valence-electron chi connectivity index (χ3n) is 5.99. The number of nitrogens with one attached hydrogen (secondary N) is 1. The molecule has 0 aliphatic carbocycles. The molecule has 4 rings (SSSR count). The van der Waals surface area contributed by atoms with Crippen molar-refractivity contribution in [2.24, 2.45) is 0 Å². The topological polar surface area (TPSA) is 37.0 Å². The van der Waals surface area contributed by atoms with Gasteiger partial charge in [0.25, 0.3) is 0 Å². The lowest BCUT2D eigenvalue weighted by atomic mass is 9.83. The largest absolute Gasteiger partial charge is 0.493 e. The van der Waals surface area contributed by atoms with E-state index in [2.05, 4.69) is 64.6 Å². The molecule has 2 aromatic rings. The van der Waals surface area contributed by atoms with E-state index < -0.39 is 5.66 Å². The number of methoxy groups -OCH3 is 2. The van der Waals surface area contributed by atoms with Crippen LogP contribution in [-0.4, -0.2) is 56.7 Å². The molecule has 7 heteroatoms. The van der Waals surface area contributed by atoms with Gasteiger partial charge in [-0.15, -0.1) is 24.8 Å². The lowest BCUT2D eigenvalue weighted by molar-refractivity contribution is 0.0394. The van der Waals surface area contributed by atoms with Gasteiger partial charge in [-0.3, -0.25) is 4.90 Å². The molecule has 30 heavy (non-hydrogen) atoms. The summed E-state index contributed by atoms with van der Waals surface area (Å²) in [6, 6.07) is 14.8. The zero-order chi connectivity index (χ0) is 19.6. The highest BCUT2D eigenvalue weighted by atomic mass is 35.5. The number of fused-ring (bicyclic) bond motifs is 1. The van der Waals surface area contributed by atoms with Crippen LogP contribution in [0.15, 0.2) is 48.7 Å². The number of nitrogens with zero attached hydrogens (tertiary/aromatic N) is 2. The molecular formula is C23H31Cl2N3O2. The van der Waals surface area contributed by atoms with Crippen LogP contribution < -0.4 is 14.8 Å². The minimum Gasteiger partial charge on any atom is -0.493 e. The zero-order valence-electron chi connectivity index (χ0n) is 17.8. The van der Waals surface area contributed by atoms with Crippen molar-refractivity contribution in [3.8, 4) is 11.5 Å². The summed E-state index contributed by atoms with van der Waals surface area (Å²) in [4.78, 5) is 5.04. The van der Waals surface area contributed by atoms with Crippen LogP contribution in [0.3, 0.4) is 0 Å². The van der Waals surface area contributed by atoms with Crippen molar-refractivity contribution in [3.05, 3.63) is 65.4 Å². The van der Waals surface area contributed by atoms with Gasteiger partial charge in [0.2, 0.25) is 0 Å². The summed E-state index contributed by atoms with van der Waals surface area (Å²) in [5.74, 6) is 1.53. The third kappa shape index (κ3) is 4.00. The normalized spacial score (nSPS) is 20.9. The molecule has 1 unspecified atom stereocenters. The third-order valence-corrected chi connectivity index (χ3v) is 5.99. The van der Waals surface area contributed by atoms with Crippen molar-refractivity contribution in [1.82, 2.24) is 15.1 Å². The maximum Gasteiger partial charge on any atom is 0.168 e. The second-order valence-electron chi connectivity index (χ2n) is 7.24. The predicted octanol–water partition coefficient (Wildman–Crippen LogP) is 3.96. The van der Waals surface area contributed by atoms with E-state index in [-0.39, 0.29) is 24.8 Å². The Labute approximate surface area is 191 Å². The molecule has 1 N–H and O–H groups in total. The van der Waals surface area contributed by atoms with E-state index in [0.717, 1.165) is 49.8 Å². The number of piperazine rings is 1. The second kappa shape index (κ2) is 10.4. The highest BCUT2D eigenvalue weighted by molar-refractivity contribution is 5.85. The van der Waals surface area contributed by atoms with Gasteiger partial charge >= 0.3 is 0 Å². The number of benzene rings is 2. The highest BCUT2D eigenvalue weighted by Gasteiger charge is 2.45. The molecule has 2 aliphatic heterocycles. The predicted molar refractivity (Wildman–Crippen MR) is 127 cm³/mol. The van der Waals surface area contributed by atoms with Crippen LogP contribution in [0, 0.1) is 0 Å². The summed E-state index contributed by atoms with van der Waals surface area (Å²) >= 11 is 0. The first kappa shape index (κ1) is 24.4. The summed E-state index contributed by atoms with van der Waals surface area (Å²) in [5.41, 5.74) is 3.06. The zero-order valence-corrected chi connectivity index (χ0v) is 19.4. The van der Waals surface area contributed by atoms with Crippen LogP contribution in [0.4, 0.5) is 0 Å². The fraction of sp³-hybridized carbons (Fsp3) is 0.391. The Kier molecular flexibility index (Phi) is 8.44. The van der Waals surface area contributed by atoms with Gasteiger partial charge in [-0.2, -0.15) is 0 Å². The first-order chi connectivity index (χ1) is 13.7. The number of para-hydroxylation sites is 1. The van der Waals surface area contributed by atoms with Gasteiger partial charge in [-0.05, 0) is 30.5 Å². The molecule has 0 saturated carbocycles. The summed E-state index contributed by atoms with van der Waals surface area (Å²) in [6.45, 7) is 7.38. The Morgan fingerprint density at radius 1 is 0.900 bits per heavy atom. The van der Waals surface area contributed by atoms with E-state index in [4.69, 9.17) is 9.47 Å². The monoisotopic (exact) mass is 451 g/mol. The Morgan fingerprint density at radius 3 is 2.27 bits per heavy atom. The Morgan fingerprint density at radius 2 is 1.60 bits per heavy atom. The van der Waals surface area contributed by atoms with Gasteiger partial charge in [0.05, 0.1) is 14.2 Å². The first-order valence-electron chi connectivity index (χ1n) is 9.97. The van der Waals surface area contributed by atoms with E-state index in [9.17, 15) is 0 Å². The van der Waals surface area contributed by atoms with Crippen molar-refractivity contribution >= 4 is 30.9 Å². The SMILES string of the molecule is CCN1CCN(C2(c3cccc(OC)c3OC)NC=Cc3ccccc32)CC1.Cl.Cl. The minimum atomic E-state index is -0.495. The molecule has 5 nitrogen and oxygen atoms in total. The van der Waals surface area contributed by atoms with E-state index in [1.54, 1.807) is 14.2 Å². The quantitative estimate of drug-likeness (QED) is 0.744. The van der Waals surface area contributed by atoms with Crippen LogP contribution in [0.2, 0.25) is 0 Å². The molecule has 0 radical (unpaired) electrons. The van der Waals surface area contributed by atoms with Crippen LogP contribution in [0.1, 0.15) is 23.6 Å². The van der Waals surface area contributed by atoms with Crippen LogP contribution in [-0.2, 0) is 5.66 Å². The van der Waals surface area contributed by atoms with Gasteiger partial charge in [0, 0.05) is 37.3 Å². The number of halogens is 2. The van der Waals surface area contributed by atoms with E-state index in [1.807, 2.05) is 12.1 Å². The van der Waals surface area contributed by atoms with Crippen LogP contribution in [0.5, 0.6) is 11.5 Å². The van der Waals surface area contributed by atoms with E-state index in [0.29, 0.717) is 0 Å². The summed E-state index contributed by atoms with van der Waals surface area (Å²) in [6.07, 6.45) is 4.20. The number of likely N-dealkylation sites (N-methyl/N-ethyl adjacent to an activating group) is 1. The number of ether oxygens (including phenoxy) is 2. The van der Waals surface area contributed by atoms with Crippen LogP contribution in [0.25, 0.3) is 6.08 Å². The fourth-order valence-corrected chi connectivity index (χ4v) is 4.53. The van der Waals surface area contributed by atoms with Crippen molar-refractivity contribution in [1.29, 1.82) is 0 Å². The van der Waals surface area contributed by atoms with Gasteiger partial charge in [0.1, 0.15) is 5.66 Å². The van der Waals surface area contributed by atoms with Crippen molar-refractivity contribution in [2.45, 2.75) is 12.6 Å². The molecular weight excluding hydrogens is 421 g/mol. The van der Waals surface area contributed by atoms with Gasteiger partial charge in [0.15, 0.2) is 11.5 Å². The van der Waals surface area contributed by atoms with E-state index >= 15 is 0 Å². The van der Waals surface area contributed by atoms with Gasteiger partial charge in [-0.25, -0.2) is 0 Å². The van der Waals surface area contributed by atoms with Crippen molar-refractivity contribution in [3.63, 3.8) is 0 Å². The van der Waals surface area contributed by atoms with Gasteiger partial charge in [-0.1, -0.05) is 43.3 Å². The lowest BCUT2D eigenvalue weighted by Gasteiger charge is -2.50. The Bertz CT molecular complexity index is 869. The highest BCUT2D eigenvalue weighted by Crippen LogP contribution is 2.45. The summed E-state index contributed by atoms with van der Waals surface area (Å²) < 4.78 is 11.5. The molecule has 1 saturated heterocycles. The average Bonchev–Trinajstić information content (AvgIpc) is 2.78. The molecule has 1 atom stereocenters. The number of hydrogen-bond acceptors (Lipinski definition) is 5. The fourth-order valence-electron chi connectivity index (χ4n) is 4.53. The lowest BCUT2D eigenvalue weighted by Crippen LogP contribution is -2.62. The number of hydrogen-bond donors (Lipinski definition) is 1. The molecule has 0 aromatic heterocycles. The number of rotatable bonds is 5. The summed E-state index contributed by atoms with van der Waals surface area (Å²) in [7, 11) is 3.41. The molecule has 0 amide bonds. The van der Waals surface area contributed by atoms with Crippen molar-refractivity contribution < 1.29 is 9.47 Å². The molecule has 0 spiro atoms. The summed E-state index contributed by atoms with van der Waals surface area (Å²) in [5, 5.41) is 3.72. The molecule has 1 fully saturated rings.